The highest BCUT2D eigenvalue weighted by Crippen LogP contribution is 2.33. The molecule has 242 valence electrons. The standard InChI is InChI=1S/C33H42N4O3.C6H6/c1-23(33(39)40)21-36-17-19-37(20-18-36)22-28-30(32(38)34-24(2)25-11-5-3-6-12-25)27-15-9-10-16-29(27)35-31(28)26-13-7-4-8-14-26;1-2-4-6-5-3-1/h4,7-10,13-16,23-25H,3,5-6,11-12,17-22H2,1-2H3,(H,34,38)(H,39,40);1-6H/t23?,24-;/m0./s1. The Hall–Kier alpha value is -4.07. The molecule has 4 aromatic rings. The number of aliphatic carboxylic acids is 1. The Morgan fingerprint density at radius 2 is 1.37 bits per heavy atom. The lowest BCUT2D eigenvalue weighted by Crippen LogP contribution is -2.48. The van der Waals surface area contributed by atoms with Crippen LogP contribution in [0.15, 0.2) is 91.0 Å². The topological polar surface area (TPSA) is 85.8 Å². The van der Waals surface area contributed by atoms with E-state index in [0.29, 0.717) is 19.0 Å². The molecule has 7 nitrogen and oxygen atoms in total. The van der Waals surface area contributed by atoms with Gasteiger partial charge in [0.25, 0.3) is 5.91 Å². The number of aromatic nitrogens is 1. The van der Waals surface area contributed by atoms with Gasteiger partial charge in [0.1, 0.15) is 0 Å². The number of fused-ring (bicyclic) bond motifs is 1. The highest BCUT2D eigenvalue weighted by molar-refractivity contribution is 6.09. The van der Waals surface area contributed by atoms with Gasteiger partial charge in [0.2, 0.25) is 0 Å². The van der Waals surface area contributed by atoms with Crippen molar-refractivity contribution in [3.05, 3.63) is 102 Å². The molecule has 2 N–H and O–H groups in total. The van der Waals surface area contributed by atoms with Gasteiger partial charge in [-0.2, -0.15) is 0 Å². The molecule has 0 radical (unpaired) electrons. The fourth-order valence-electron chi connectivity index (χ4n) is 6.73. The second-order valence-electron chi connectivity index (χ2n) is 12.8. The van der Waals surface area contributed by atoms with Crippen LogP contribution in [0, 0.1) is 11.8 Å². The molecule has 46 heavy (non-hydrogen) atoms. The first-order valence-corrected chi connectivity index (χ1v) is 16.9. The van der Waals surface area contributed by atoms with Gasteiger partial charge < -0.3 is 10.4 Å². The van der Waals surface area contributed by atoms with Crippen molar-refractivity contribution in [1.82, 2.24) is 20.1 Å². The summed E-state index contributed by atoms with van der Waals surface area (Å²) in [5.74, 6) is -0.639. The summed E-state index contributed by atoms with van der Waals surface area (Å²) in [4.78, 5) is 35.2. The summed E-state index contributed by atoms with van der Waals surface area (Å²) in [5.41, 5.74) is 4.39. The molecule has 0 bridgehead atoms. The molecule has 2 aliphatic rings. The van der Waals surface area contributed by atoms with E-state index in [1.54, 1.807) is 6.92 Å². The molecule has 2 heterocycles. The number of nitrogens with zero attached hydrogens (tertiary/aromatic N) is 3. The highest BCUT2D eigenvalue weighted by atomic mass is 16.4. The number of carboxylic acids is 1. The molecule has 0 spiro atoms. The Labute approximate surface area is 273 Å². The molecule has 2 atom stereocenters. The molecule has 1 saturated carbocycles. The van der Waals surface area contributed by atoms with E-state index >= 15 is 0 Å². The van der Waals surface area contributed by atoms with E-state index in [1.807, 2.05) is 78.9 Å². The van der Waals surface area contributed by atoms with Crippen molar-refractivity contribution in [2.75, 3.05) is 32.7 Å². The Morgan fingerprint density at radius 3 is 2.00 bits per heavy atom. The van der Waals surface area contributed by atoms with Crippen molar-refractivity contribution in [2.45, 2.75) is 58.5 Å². The third-order valence-electron chi connectivity index (χ3n) is 9.45. The number of nitrogens with one attached hydrogen (secondary N) is 1. The van der Waals surface area contributed by atoms with Crippen LogP contribution in [-0.4, -0.2) is 70.5 Å². The molecule has 1 aromatic heterocycles. The first kappa shape index (κ1) is 33.3. The molecule has 1 saturated heterocycles. The highest BCUT2D eigenvalue weighted by Gasteiger charge is 2.28. The Morgan fingerprint density at radius 1 is 0.804 bits per heavy atom. The molecule has 7 heteroatoms. The van der Waals surface area contributed by atoms with Crippen molar-refractivity contribution in [1.29, 1.82) is 0 Å². The van der Waals surface area contributed by atoms with Crippen LogP contribution >= 0.6 is 0 Å². The third-order valence-corrected chi connectivity index (χ3v) is 9.45. The molecular weight excluding hydrogens is 572 g/mol. The van der Waals surface area contributed by atoms with Gasteiger partial charge in [0.15, 0.2) is 0 Å². The van der Waals surface area contributed by atoms with Crippen molar-refractivity contribution in [2.24, 2.45) is 11.8 Å². The lowest BCUT2D eigenvalue weighted by atomic mass is 9.84. The van der Waals surface area contributed by atoms with Gasteiger partial charge in [-0.05, 0) is 31.7 Å². The van der Waals surface area contributed by atoms with Gasteiger partial charge >= 0.3 is 5.97 Å². The van der Waals surface area contributed by atoms with Gasteiger partial charge in [-0.3, -0.25) is 19.4 Å². The number of hydrogen-bond donors (Lipinski definition) is 2. The monoisotopic (exact) mass is 620 g/mol. The first-order valence-electron chi connectivity index (χ1n) is 16.9. The normalized spacial score (nSPS) is 17.4. The number of piperazine rings is 1. The number of carbonyl (C=O) groups is 2. The van der Waals surface area contributed by atoms with Crippen molar-refractivity contribution in [3.8, 4) is 11.3 Å². The fraction of sp³-hybridized carbons (Fsp3) is 0.410. The second-order valence-corrected chi connectivity index (χ2v) is 12.8. The van der Waals surface area contributed by atoms with E-state index in [1.165, 1.54) is 32.1 Å². The van der Waals surface area contributed by atoms with E-state index in [-0.39, 0.29) is 17.9 Å². The summed E-state index contributed by atoms with van der Waals surface area (Å²) in [6.45, 7) is 8.33. The average molecular weight is 621 g/mol. The van der Waals surface area contributed by atoms with Crippen LogP contribution < -0.4 is 5.32 Å². The van der Waals surface area contributed by atoms with Gasteiger partial charge in [-0.1, -0.05) is 111 Å². The zero-order chi connectivity index (χ0) is 32.3. The van der Waals surface area contributed by atoms with E-state index in [4.69, 9.17) is 4.98 Å². The molecule has 2 fully saturated rings. The molecule has 1 aliphatic carbocycles. The van der Waals surface area contributed by atoms with Gasteiger partial charge in [-0.25, -0.2) is 4.98 Å². The number of para-hydroxylation sites is 1. The minimum Gasteiger partial charge on any atom is -0.481 e. The number of carbonyl (C=O) groups excluding carboxylic acids is 1. The van der Waals surface area contributed by atoms with Gasteiger partial charge in [0, 0.05) is 61.8 Å². The molecule has 1 aliphatic heterocycles. The number of rotatable bonds is 9. The lowest BCUT2D eigenvalue weighted by molar-refractivity contribution is -0.141. The number of benzene rings is 3. The molecular formula is C39H48N4O3. The van der Waals surface area contributed by atoms with Crippen LogP contribution in [0.1, 0.15) is 61.9 Å². The number of pyridine rings is 1. The lowest BCUT2D eigenvalue weighted by Gasteiger charge is -2.36. The molecule has 3 aromatic carbocycles. The van der Waals surface area contributed by atoms with Crippen LogP contribution in [0.3, 0.4) is 0 Å². The number of hydrogen-bond acceptors (Lipinski definition) is 5. The summed E-state index contributed by atoms with van der Waals surface area (Å²) in [6.07, 6.45) is 6.11. The summed E-state index contributed by atoms with van der Waals surface area (Å²) >= 11 is 0. The van der Waals surface area contributed by atoms with Crippen LogP contribution in [0.5, 0.6) is 0 Å². The van der Waals surface area contributed by atoms with Crippen molar-refractivity contribution in [3.63, 3.8) is 0 Å². The SMILES string of the molecule is CC(CN1CCN(Cc2c(-c3ccccc3)nc3ccccc3c2C(=O)N[C@@H](C)C2CCCCC2)CC1)C(=O)O.c1ccccc1. The Balaban J connectivity index is 0.000000624. The minimum atomic E-state index is -0.754. The molecule has 1 unspecified atom stereocenters. The number of amides is 1. The quantitative estimate of drug-likeness (QED) is 0.207. The maximum Gasteiger partial charge on any atom is 0.307 e. The average Bonchev–Trinajstić information content (AvgIpc) is 3.10. The largest absolute Gasteiger partial charge is 0.481 e. The summed E-state index contributed by atoms with van der Waals surface area (Å²) in [7, 11) is 0. The third kappa shape index (κ3) is 8.80. The van der Waals surface area contributed by atoms with Crippen molar-refractivity contribution >= 4 is 22.8 Å². The van der Waals surface area contributed by atoms with E-state index < -0.39 is 5.97 Å². The zero-order valence-corrected chi connectivity index (χ0v) is 27.3. The van der Waals surface area contributed by atoms with Crippen LogP contribution in [0.25, 0.3) is 22.2 Å². The van der Waals surface area contributed by atoms with Crippen LogP contribution in [0.4, 0.5) is 0 Å². The Bertz CT molecular complexity index is 1520. The van der Waals surface area contributed by atoms with E-state index in [2.05, 4.69) is 34.2 Å². The van der Waals surface area contributed by atoms with Crippen molar-refractivity contribution < 1.29 is 14.7 Å². The van der Waals surface area contributed by atoms with Crippen LogP contribution in [-0.2, 0) is 11.3 Å². The van der Waals surface area contributed by atoms with E-state index in [0.717, 1.165) is 59.5 Å². The summed E-state index contributed by atoms with van der Waals surface area (Å²) in [6, 6.07) is 30.3. The smallest absolute Gasteiger partial charge is 0.307 e. The number of carboxylic acid groups (broad SMARTS) is 1. The molecule has 6 rings (SSSR count). The fourth-order valence-corrected chi connectivity index (χ4v) is 6.73. The minimum absolute atomic E-state index is 0.0160. The Kier molecular flexibility index (Phi) is 11.9. The maximum absolute atomic E-state index is 14.2. The maximum atomic E-state index is 14.2. The van der Waals surface area contributed by atoms with Crippen LogP contribution in [0.2, 0.25) is 0 Å². The first-order chi connectivity index (χ1) is 22.4. The predicted octanol–water partition coefficient (Wildman–Crippen LogP) is 7.13. The summed E-state index contributed by atoms with van der Waals surface area (Å²) in [5, 5.41) is 13.6. The zero-order valence-electron chi connectivity index (χ0n) is 27.3. The van der Waals surface area contributed by atoms with Gasteiger partial charge in [0.05, 0.1) is 22.7 Å². The predicted molar refractivity (Wildman–Crippen MR) is 186 cm³/mol. The van der Waals surface area contributed by atoms with Gasteiger partial charge in [-0.15, -0.1) is 0 Å². The van der Waals surface area contributed by atoms with E-state index in [9.17, 15) is 14.7 Å². The molecule has 1 amide bonds. The summed E-state index contributed by atoms with van der Waals surface area (Å²) < 4.78 is 0. The second kappa shape index (κ2) is 16.5.